The fourth-order valence-electron chi connectivity index (χ4n) is 2.84. The Kier molecular flexibility index (Phi) is 5.48. The lowest BCUT2D eigenvalue weighted by molar-refractivity contribution is -0.119. The van der Waals surface area contributed by atoms with Crippen molar-refractivity contribution in [1.82, 2.24) is 14.8 Å². The lowest BCUT2D eigenvalue weighted by Crippen LogP contribution is -2.26. The summed E-state index contributed by atoms with van der Waals surface area (Å²) in [4.78, 5) is 28.9. The number of carbonyl (C=O) groups excluding carboxylic acids is 2. The predicted octanol–water partition coefficient (Wildman–Crippen LogP) is 4.11. The van der Waals surface area contributed by atoms with Crippen LogP contribution >= 0.6 is 27.3 Å². The Labute approximate surface area is 171 Å². The van der Waals surface area contributed by atoms with Gasteiger partial charge in [-0.3, -0.25) is 14.3 Å². The molecule has 0 spiro atoms. The number of fused-ring (bicyclic) bond motifs is 1. The Morgan fingerprint density at radius 1 is 1.36 bits per heavy atom. The summed E-state index contributed by atoms with van der Waals surface area (Å²) in [6.07, 6.45) is -1.17. The molecule has 0 aliphatic rings. The standard InChI is InChI=1S/C17H16BrF2N5O2S/c1-6-4-10(14(19)20)23-17-11(6)12(13(28-17)15(21)26)24-16(27)8(3)25-7(2)9(18)5-22-25/h4-5,8,14H,1-3H3,(H2,21,26)(H,24,27). The van der Waals surface area contributed by atoms with Crippen LogP contribution < -0.4 is 11.1 Å². The number of primary amides is 1. The van der Waals surface area contributed by atoms with Crippen molar-refractivity contribution in [2.45, 2.75) is 33.2 Å². The van der Waals surface area contributed by atoms with Gasteiger partial charge in [0.2, 0.25) is 5.91 Å². The van der Waals surface area contributed by atoms with Gasteiger partial charge < -0.3 is 11.1 Å². The summed E-state index contributed by atoms with van der Waals surface area (Å²) in [5.41, 5.74) is 6.44. The molecular formula is C17H16BrF2N5O2S. The number of carbonyl (C=O) groups is 2. The lowest BCUT2D eigenvalue weighted by atomic mass is 10.1. The van der Waals surface area contributed by atoms with E-state index in [1.807, 2.05) is 0 Å². The largest absolute Gasteiger partial charge is 0.365 e. The molecule has 3 aromatic heterocycles. The normalized spacial score (nSPS) is 12.5. The van der Waals surface area contributed by atoms with Gasteiger partial charge in [-0.15, -0.1) is 11.3 Å². The van der Waals surface area contributed by atoms with E-state index in [9.17, 15) is 18.4 Å². The van der Waals surface area contributed by atoms with Crippen LogP contribution in [0.3, 0.4) is 0 Å². The van der Waals surface area contributed by atoms with Crippen LogP contribution in [-0.2, 0) is 4.79 Å². The molecule has 0 aromatic carbocycles. The fourth-order valence-corrected chi connectivity index (χ4v) is 4.18. The molecule has 3 rings (SSSR count). The van der Waals surface area contributed by atoms with Crippen LogP contribution in [-0.4, -0.2) is 26.6 Å². The molecule has 0 aliphatic carbocycles. The van der Waals surface area contributed by atoms with Gasteiger partial charge >= 0.3 is 0 Å². The molecule has 0 aliphatic heterocycles. The number of nitrogens with two attached hydrogens (primary N) is 1. The van der Waals surface area contributed by atoms with E-state index in [2.05, 4.69) is 31.3 Å². The number of rotatable bonds is 5. The number of nitrogens with one attached hydrogen (secondary N) is 1. The minimum Gasteiger partial charge on any atom is -0.365 e. The number of aromatic nitrogens is 3. The van der Waals surface area contributed by atoms with E-state index in [1.54, 1.807) is 27.0 Å². The quantitative estimate of drug-likeness (QED) is 0.584. The van der Waals surface area contributed by atoms with E-state index in [-0.39, 0.29) is 15.4 Å². The van der Waals surface area contributed by atoms with Gasteiger partial charge in [0.15, 0.2) is 0 Å². The van der Waals surface area contributed by atoms with Gasteiger partial charge in [0, 0.05) is 5.39 Å². The number of nitrogens with zero attached hydrogens (tertiary/aromatic N) is 3. The predicted molar refractivity (Wildman–Crippen MR) is 106 cm³/mol. The van der Waals surface area contributed by atoms with Crippen LogP contribution in [0.4, 0.5) is 14.5 Å². The maximum Gasteiger partial charge on any atom is 0.280 e. The minimum atomic E-state index is -2.75. The van der Waals surface area contributed by atoms with E-state index in [1.165, 1.54) is 10.7 Å². The summed E-state index contributed by atoms with van der Waals surface area (Å²) in [5, 5.41) is 7.28. The maximum atomic E-state index is 13.1. The molecule has 3 heterocycles. The van der Waals surface area contributed by atoms with Crippen molar-refractivity contribution in [3.05, 3.63) is 38.6 Å². The van der Waals surface area contributed by atoms with Gasteiger partial charge in [0.25, 0.3) is 12.3 Å². The number of halogens is 3. The third-order valence-electron chi connectivity index (χ3n) is 4.31. The van der Waals surface area contributed by atoms with Crippen LogP contribution in [0.25, 0.3) is 10.2 Å². The number of amides is 2. The van der Waals surface area contributed by atoms with Crippen LogP contribution in [0.2, 0.25) is 0 Å². The lowest BCUT2D eigenvalue weighted by Gasteiger charge is -2.15. The number of aryl methyl sites for hydroxylation is 1. The zero-order valence-corrected chi connectivity index (χ0v) is 17.5. The SMILES string of the molecule is Cc1cc(C(F)F)nc2sc(C(N)=O)c(NC(=O)C(C)n3ncc(Br)c3C)c12. The molecular weight excluding hydrogens is 456 g/mol. The highest BCUT2D eigenvalue weighted by molar-refractivity contribution is 9.10. The summed E-state index contributed by atoms with van der Waals surface area (Å²) in [6.45, 7) is 5.07. The molecule has 1 atom stereocenters. The monoisotopic (exact) mass is 471 g/mol. The van der Waals surface area contributed by atoms with Gasteiger partial charge in [-0.25, -0.2) is 13.8 Å². The number of hydrogen-bond donors (Lipinski definition) is 2. The molecule has 2 amide bonds. The molecule has 3 N–H and O–H groups in total. The van der Waals surface area contributed by atoms with Crippen molar-refractivity contribution in [3.8, 4) is 0 Å². The first-order chi connectivity index (χ1) is 13.1. The zero-order chi connectivity index (χ0) is 20.7. The van der Waals surface area contributed by atoms with E-state index in [0.29, 0.717) is 10.9 Å². The van der Waals surface area contributed by atoms with Crippen molar-refractivity contribution in [2.24, 2.45) is 5.73 Å². The van der Waals surface area contributed by atoms with Crippen LogP contribution in [0.15, 0.2) is 16.7 Å². The first kappa shape index (κ1) is 20.3. The number of anilines is 1. The highest BCUT2D eigenvalue weighted by Crippen LogP contribution is 2.38. The average molecular weight is 472 g/mol. The van der Waals surface area contributed by atoms with Gasteiger partial charge in [-0.1, -0.05) is 0 Å². The Bertz CT molecular complexity index is 1100. The Balaban J connectivity index is 2.06. The van der Waals surface area contributed by atoms with Gasteiger partial charge in [0.05, 0.1) is 22.1 Å². The maximum absolute atomic E-state index is 13.1. The average Bonchev–Trinajstić information content (AvgIpc) is 3.15. The van der Waals surface area contributed by atoms with Crippen molar-refractivity contribution in [2.75, 3.05) is 5.32 Å². The fraction of sp³-hybridized carbons (Fsp3) is 0.294. The summed E-state index contributed by atoms with van der Waals surface area (Å²) < 4.78 is 28.4. The summed E-state index contributed by atoms with van der Waals surface area (Å²) in [7, 11) is 0. The molecule has 11 heteroatoms. The molecule has 0 saturated carbocycles. The number of alkyl halides is 2. The third-order valence-corrected chi connectivity index (χ3v) is 6.18. The molecule has 0 bridgehead atoms. The van der Waals surface area contributed by atoms with Crippen molar-refractivity contribution >= 4 is 55.0 Å². The first-order valence-electron chi connectivity index (χ1n) is 8.14. The van der Waals surface area contributed by atoms with E-state index in [0.717, 1.165) is 21.5 Å². The highest BCUT2D eigenvalue weighted by Gasteiger charge is 2.26. The molecule has 1 unspecified atom stereocenters. The second-order valence-corrected chi connectivity index (χ2v) is 8.06. The summed E-state index contributed by atoms with van der Waals surface area (Å²) >= 11 is 4.21. The van der Waals surface area contributed by atoms with Crippen LogP contribution in [0.5, 0.6) is 0 Å². The van der Waals surface area contributed by atoms with Gasteiger partial charge in [-0.2, -0.15) is 5.10 Å². The zero-order valence-electron chi connectivity index (χ0n) is 15.1. The summed E-state index contributed by atoms with van der Waals surface area (Å²) in [6, 6.07) is 0.550. The number of hydrogen-bond acceptors (Lipinski definition) is 5. The second-order valence-electron chi connectivity index (χ2n) is 6.20. The molecule has 0 fully saturated rings. The molecule has 3 aromatic rings. The molecule has 0 radical (unpaired) electrons. The minimum absolute atomic E-state index is 0.0518. The number of thiophene rings is 1. The van der Waals surface area contributed by atoms with Crippen LogP contribution in [0.1, 0.15) is 46.0 Å². The highest BCUT2D eigenvalue weighted by atomic mass is 79.9. The molecule has 0 saturated heterocycles. The second kappa shape index (κ2) is 7.55. The third kappa shape index (κ3) is 3.51. The topological polar surface area (TPSA) is 103 Å². The first-order valence-corrected chi connectivity index (χ1v) is 9.75. The van der Waals surface area contributed by atoms with E-state index < -0.39 is 30.0 Å². The van der Waals surface area contributed by atoms with Crippen molar-refractivity contribution < 1.29 is 18.4 Å². The Morgan fingerprint density at radius 3 is 2.57 bits per heavy atom. The molecule has 148 valence electrons. The van der Waals surface area contributed by atoms with Crippen molar-refractivity contribution in [3.63, 3.8) is 0 Å². The Hall–Kier alpha value is -2.40. The van der Waals surface area contributed by atoms with E-state index >= 15 is 0 Å². The summed E-state index contributed by atoms with van der Waals surface area (Å²) in [5.74, 6) is -1.21. The number of pyridine rings is 1. The van der Waals surface area contributed by atoms with E-state index in [4.69, 9.17) is 5.73 Å². The molecule has 28 heavy (non-hydrogen) atoms. The smallest absolute Gasteiger partial charge is 0.280 e. The molecule has 7 nitrogen and oxygen atoms in total. The van der Waals surface area contributed by atoms with Crippen LogP contribution in [0, 0.1) is 13.8 Å². The van der Waals surface area contributed by atoms with Gasteiger partial charge in [-0.05, 0) is 48.3 Å². The Morgan fingerprint density at radius 2 is 2.04 bits per heavy atom. The van der Waals surface area contributed by atoms with Crippen molar-refractivity contribution in [1.29, 1.82) is 0 Å². The van der Waals surface area contributed by atoms with Gasteiger partial charge in [0.1, 0.15) is 21.4 Å².